The molecule has 2 heteroatoms. The second kappa shape index (κ2) is 6.65. The van der Waals surface area contributed by atoms with E-state index in [1.165, 1.54) is 23.2 Å². The second-order valence-corrected chi connectivity index (χ2v) is 5.01. The number of hydrogen-bond acceptors (Lipinski definition) is 2. The largest absolute Gasteiger partial charge is 0.374 e. The van der Waals surface area contributed by atoms with Crippen LogP contribution in [0.2, 0.25) is 0 Å². The first-order valence-electron chi connectivity index (χ1n) is 6.59. The average molecular weight is 234 g/mol. The molecule has 0 saturated carbocycles. The Labute approximate surface area is 106 Å². The van der Waals surface area contributed by atoms with Gasteiger partial charge in [-0.05, 0) is 43.0 Å². The van der Waals surface area contributed by atoms with Crippen LogP contribution in [0.25, 0.3) is 0 Å². The van der Waals surface area contributed by atoms with Gasteiger partial charge in [-0.25, -0.2) is 0 Å². The molecule has 0 heterocycles. The summed E-state index contributed by atoms with van der Waals surface area (Å²) in [6.07, 6.45) is 2.19. The highest BCUT2D eigenvalue weighted by molar-refractivity contribution is 5.56. The zero-order chi connectivity index (χ0) is 12.8. The Bertz CT molecular complexity index is 347. The second-order valence-electron chi connectivity index (χ2n) is 5.01. The summed E-state index contributed by atoms with van der Waals surface area (Å²) in [4.78, 5) is 2.37. The van der Waals surface area contributed by atoms with E-state index in [-0.39, 0.29) is 0 Å². The molecule has 0 amide bonds. The highest BCUT2D eigenvalue weighted by Crippen LogP contribution is 2.24. The van der Waals surface area contributed by atoms with Crippen molar-refractivity contribution in [3.8, 4) is 0 Å². The SMILES string of the molecule is CCC(C)CN(C)c1cccc(C)c1CCN. The molecule has 1 aromatic rings. The average Bonchev–Trinajstić information content (AvgIpc) is 2.31. The maximum absolute atomic E-state index is 5.71. The smallest absolute Gasteiger partial charge is 0.0399 e. The molecule has 0 aliphatic carbocycles. The van der Waals surface area contributed by atoms with Crippen LogP contribution in [-0.4, -0.2) is 20.1 Å². The summed E-state index contributed by atoms with van der Waals surface area (Å²) in [5, 5.41) is 0. The minimum Gasteiger partial charge on any atom is -0.374 e. The molecule has 0 aliphatic rings. The molecule has 0 radical (unpaired) electrons. The van der Waals surface area contributed by atoms with Crippen LogP contribution in [0.4, 0.5) is 5.69 Å². The van der Waals surface area contributed by atoms with Crippen molar-refractivity contribution < 1.29 is 0 Å². The van der Waals surface area contributed by atoms with E-state index in [0.717, 1.165) is 25.4 Å². The van der Waals surface area contributed by atoms with Gasteiger partial charge in [0.05, 0.1) is 0 Å². The molecule has 2 nitrogen and oxygen atoms in total. The van der Waals surface area contributed by atoms with Crippen LogP contribution in [0.5, 0.6) is 0 Å². The molecule has 17 heavy (non-hydrogen) atoms. The Balaban J connectivity index is 2.91. The minimum absolute atomic E-state index is 0.717. The monoisotopic (exact) mass is 234 g/mol. The summed E-state index contributed by atoms with van der Waals surface area (Å²) >= 11 is 0. The fourth-order valence-corrected chi connectivity index (χ4v) is 2.21. The normalized spacial score (nSPS) is 12.5. The molecule has 0 spiro atoms. The van der Waals surface area contributed by atoms with Crippen LogP contribution < -0.4 is 10.6 Å². The molecule has 1 rings (SSSR count). The van der Waals surface area contributed by atoms with Crippen molar-refractivity contribution in [3.05, 3.63) is 29.3 Å². The zero-order valence-corrected chi connectivity index (χ0v) is 11.7. The van der Waals surface area contributed by atoms with E-state index in [2.05, 4.69) is 50.9 Å². The molecule has 96 valence electrons. The lowest BCUT2D eigenvalue weighted by Crippen LogP contribution is -2.25. The van der Waals surface area contributed by atoms with Crippen LogP contribution in [-0.2, 0) is 6.42 Å². The van der Waals surface area contributed by atoms with Gasteiger partial charge in [0.15, 0.2) is 0 Å². The Hall–Kier alpha value is -1.02. The lowest BCUT2D eigenvalue weighted by Gasteiger charge is -2.26. The molecule has 0 aromatic heterocycles. The van der Waals surface area contributed by atoms with Gasteiger partial charge >= 0.3 is 0 Å². The van der Waals surface area contributed by atoms with E-state index in [1.807, 2.05) is 0 Å². The van der Waals surface area contributed by atoms with E-state index < -0.39 is 0 Å². The van der Waals surface area contributed by atoms with Crippen molar-refractivity contribution in [1.82, 2.24) is 0 Å². The summed E-state index contributed by atoms with van der Waals surface area (Å²) in [5.41, 5.74) is 9.81. The summed E-state index contributed by atoms with van der Waals surface area (Å²) in [5.74, 6) is 0.728. The highest BCUT2D eigenvalue weighted by atomic mass is 15.1. The van der Waals surface area contributed by atoms with Crippen molar-refractivity contribution in [2.75, 3.05) is 25.0 Å². The molecular weight excluding hydrogens is 208 g/mol. The fourth-order valence-electron chi connectivity index (χ4n) is 2.21. The molecule has 1 atom stereocenters. The van der Waals surface area contributed by atoms with Gasteiger partial charge < -0.3 is 10.6 Å². The van der Waals surface area contributed by atoms with E-state index in [9.17, 15) is 0 Å². The summed E-state index contributed by atoms with van der Waals surface area (Å²) in [7, 11) is 2.18. The van der Waals surface area contributed by atoms with Crippen molar-refractivity contribution >= 4 is 5.69 Å². The molecule has 0 bridgehead atoms. The summed E-state index contributed by atoms with van der Waals surface area (Å²) in [6, 6.07) is 6.52. The number of benzene rings is 1. The molecule has 0 fully saturated rings. The van der Waals surface area contributed by atoms with Crippen molar-refractivity contribution in [3.63, 3.8) is 0 Å². The number of rotatable bonds is 6. The van der Waals surface area contributed by atoms with Gasteiger partial charge in [-0.3, -0.25) is 0 Å². The lowest BCUT2D eigenvalue weighted by atomic mass is 10.0. The van der Waals surface area contributed by atoms with Gasteiger partial charge in [0.1, 0.15) is 0 Å². The van der Waals surface area contributed by atoms with Gasteiger partial charge in [-0.15, -0.1) is 0 Å². The van der Waals surface area contributed by atoms with Gasteiger partial charge in [-0.2, -0.15) is 0 Å². The van der Waals surface area contributed by atoms with Gasteiger partial charge in [-0.1, -0.05) is 32.4 Å². The van der Waals surface area contributed by atoms with Crippen molar-refractivity contribution in [2.45, 2.75) is 33.6 Å². The third-order valence-electron chi connectivity index (χ3n) is 3.47. The van der Waals surface area contributed by atoms with Crippen LogP contribution >= 0.6 is 0 Å². The van der Waals surface area contributed by atoms with Gasteiger partial charge in [0, 0.05) is 19.3 Å². The van der Waals surface area contributed by atoms with Crippen LogP contribution in [0.1, 0.15) is 31.4 Å². The van der Waals surface area contributed by atoms with Gasteiger partial charge in [0.25, 0.3) is 0 Å². The molecule has 1 unspecified atom stereocenters. The van der Waals surface area contributed by atoms with Crippen LogP contribution in [0.3, 0.4) is 0 Å². The first-order chi connectivity index (χ1) is 8.10. The maximum Gasteiger partial charge on any atom is 0.0399 e. The summed E-state index contributed by atoms with van der Waals surface area (Å²) < 4.78 is 0. The molecule has 2 N–H and O–H groups in total. The Morgan fingerprint density at radius 2 is 2.06 bits per heavy atom. The van der Waals surface area contributed by atoms with Crippen molar-refractivity contribution in [2.24, 2.45) is 11.7 Å². The van der Waals surface area contributed by atoms with E-state index in [1.54, 1.807) is 0 Å². The van der Waals surface area contributed by atoms with Gasteiger partial charge in [0.2, 0.25) is 0 Å². The fraction of sp³-hybridized carbons (Fsp3) is 0.600. The van der Waals surface area contributed by atoms with Crippen LogP contribution in [0.15, 0.2) is 18.2 Å². The predicted molar refractivity (Wildman–Crippen MR) is 76.7 cm³/mol. The number of aryl methyl sites for hydroxylation is 1. The maximum atomic E-state index is 5.71. The third-order valence-corrected chi connectivity index (χ3v) is 3.47. The lowest BCUT2D eigenvalue weighted by molar-refractivity contribution is 0.559. The third kappa shape index (κ3) is 3.74. The standard InChI is InChI=1S/C15H26N2/c1-5-12(2)11-17(4)15-8-6-7-13(3)14(15)9-10-16/h6-8,12H,5,9-11,16H2,1-4H3. The highest BCUT2D eigenvalue weighted by Gasteiger charge is 2.11. The number of hydrogen-bond donors (Lipinski definition) is 1. The molecule has 0 aliphatic heterocycles. The first-order valence-corrected chi connectivity index (χ1v) is 6.59. The zero-order valence-electron chi connectivity index (χ0n) is 11.7. The van der Waals surface area contributed by atoms with E-state index in [4.69, 9.17) is 5.73 Å². The topological polar surface area (TPSA) is 29.3 Å². The number of nitrogens with two attached hydrogens (primary N) is 1. The summed E-state index contributed by atoms with van der Waals surface area (Å²) in [6.45, 7) is 8.54. The van der Waals surface area contributed by atoms with E-state index in [0.29, 0.717) is 0 Å². The van der Waals surface area contributed by atoms with E-state index >= 15 is 0 Å². The quantitative estimate of drug-likeness (QED) is 0.820. The molecule has 1 aromatic carbocycles. The Morgan fingerprint density at radius 1 is 1.35 bits per heavy atom. The predicted octanol–water partition coefficient (Wildman–Crippen LogP) is 2.98. The Morgan fingerprint density at radius 3 is 2.65 bits per heavy atom. The Kier molecular flexibility index (Phi) is 5.49. The number of nitrogens with zero attached hydrogens (tertiary/aromatic N) is 1. The number of anilines is 1. The van der Waals surface area contributed by atoms with Crippen LogP contribution in [0, 0.1) is 12.8 Å². The molecule has 0 saturated heterocycles. The molecular formula is C15H26N2. The first kappa shape index (κ1) is 14.0. The van der Waals surface area contributed by atoms with Crippen molar-refractivity contribution in [1.29, 1.82) is 0 Å². The minimum atomic E-state index is 0.717.